The number of imidazole rings is 1. The molecule has 1 aromatic heterocycles. The first-order chi connectivity index (χ1) is 13.8. The molecule has 0 saturated carbocycles. The molecule has 0 aliphatic carbocycles. The number of H-pyrrole nitrogens is 1. The summed E-state index contributed by atoms with van der Waals surface area (Å²) in [6.07, 6.45) is 6.69. The molecule has 5 rings (SSSR count). The number of fused-ring (bicyclic) bond motifs is 1. The number of aromatic nitrogens is 2. The lowest BCUT2D eigenvalue weighted by Gasteiger charge is -2.39. The number of hydrogen-bond acceptors (Lipinski definition) is 4. The van der Waals surface area contributed by atoms with Crippen LogP contribution >= 0.6 is 0 Å². The largest absolute Gasteiger partial charge is 0.342 e. The molecule has 2 aromatic rings. The van der Waals surface area contributed by atoms with E-state index in [0.29, 0.717) is 17.9 Å². The maximum atomic E-state index is 13.4. The Balaban J connectivity index is 1.29. The molecule has 0 spiro atoms. The van der Waals surface area contributed by atoms with E-state index in [4.69, 9.17) is 4.98 Å². The van der Waals surface area contributed by atoms with Crippen LogP contribution in [0.3, 0.4) is 0 Å². The van der Waals surface area contributed by atoms with E-state index in [1.54, 1.807) is 0 Å². The summed E-state index contributed by atoms with van der Waals surface area (Å²) in [5, 5.41) is 3.45. The van der Waals surface area contributed by atoms with Gasteiger partial charge in [-0.15, -0.1) is 0 Å². The second-order valence-electron chi connectivity index (χ2n) is 8.64. The molecule has 0 bridgehead atoms. The summed E-state index contributed by atoms with van der Waals surface area (Å²) in [5.74, 6) is 1.72. The second kappa shape index (κ2) is 7.84. The predicted molar refractivity (Wildman–Crippen MR) is 110 cm³/mol. The molecule has 150 valence electrons. The Morgan fingerprint density at radius 1 is 1.04 bits per heavy atom. The minimum Gasteiger partial charge on any atom is -0.342 e. The molecule has 3 saturated heterocycles. The van der Waals surface area contributed by atoms with Crippen LogP contribution in [0.4, 0.5) is 0 Å². The number of benzene rings is 1. The molecule has 2 atom stereocenters. The number of nitrogens with zero attached hydrogens (tertiary/aromatic N) is 3. The number of nitrogens with one attached hydrogen (secondary N) is 2. The average molecular weight is 382 g/mol. The summed E-state index contributed by atoms with van der Waals surface area (Å²) in [7, 11) is 0. The van der Waals surface area contributed by atoms with E-state index in [0.717, 1.165) is 75.3 Å². The normalized spacial score (nSPS) is 27.5. The Morgan fingerprint density at radius 3 is 2.71 bits per heavy atom. The number of carbonyl (C=O) groups is 1. The number of carbonyl (C=O) groups excluding carboxylic acids is 1. The summed E-state index contributed by atoms with van der Waals surface area (Å²) in [6, 6.07) is 8.87. The number of aromatic amines is 1. The van der Waals surface area contributed by atoms with Gasteiger partial charge in [-0.3, -0.25) is 9.69 Å². The third kappa shape index (κ3) is 3.44. The highest BCUT2D eigenvalue weighted by molar-refractivity contribution is 5.82. The zero-order valence-electron chi connectivity index (χ0n) is 16.6. The van der Waals surface area contributed by atoms with Crippen LogP contribution in [0.15, 0.2) is 24.3 Å². The quantitative estimate of drug-likeness (QED) is 0.857. The number of rotatable bonds is 3. The van der Waals surface area contributed by atoms with Crippen LogP contribution in [-0.2, 0) is 4.79 Å². The molecule has 3 fully saturated rings. The lowest BCUT2D eigenvalue weighted by molar-refractivity contribution is -0.138. The molecule has 6 nitrogen and oxygen atoms in total. The first-order valence-electron chi connectivity index (χ1n) is 11.0. The first kappa shape index (κ1) is 18.1. The van der Waals surface area contributed by atoms with Crippen LogP contribution in [-0.4, -0.2) is 70.5 Å². The minimum atomic E-state index is 0.0949. The fourth-order valence-electron chi connectivity index (χ4n) is 5.41. The highest BCUT2D eigenvalue weighted by atomic mass is 16.2. The van der Waals surface area contributed by atoms with Crippen molar-refractivity contribution >= 4 is 16.9 Å². The molecule has 2 N–H and O–H groups in total. The molecule has 1 aromatic carbocycles. The molecule has 2 unspecified atom stereocenters. The van der Waals surface area contributed by atoms with Crippen molar-refractivity contribution in [2.75, 3.05) is 32.7 Å². The molecular formula is C22H31N5O. The van der Waals surface area contributed by atoms with Crippen molar-refractivity contribution in [1.29, 1.82) is 0 Å². The summed E-state index contributed by atoms with van der Waals surface area (Å²) < 4.78 is 0. The van der Waals surface area contributed by atoms with E-state index in [9.17, 15) is 4.79 Å². The van der Waals surface area contributed by atoms with E-state index < -0.39 is 0 Å². The fourth-order valence-corrected chi connectivity index (χ4v) is 5.41. The van der Waals surface area contributed by atoms with Crippen LogP contribution in [0.25, 0.3) is 11.0 Å². The molecule has 0 radical (unpaired) electrons. The zero-order valence-corrected chi connectivity index (χ0v) is 16.6. The summed E-state index contributed by atoms with van der Waals surface area (Å²) in [5.41, 5.74) is 2.11. The van der Waals surface area contributed by atoms with E-state index in [1.807, 2.05) is 12.1 Å². The van der Waals surface area contributed by atoms with Crippen molar-refractivity contribution in [3.8, 4) is 0 Å². The van der Waals surface area contributed by atoms with Crippen molar-refractivity contribution in [3.63, 3.8) is 0 Å². The number of hydrogen-bond donors (Lipinski definition) is 2. The molecular weight excluding hydrogens is 350 g/mol. The lowest BCUT2D eigenvalue weighted by atomic mass is 9.96. The summed E-state index contributed by atoms with van der Waals surface area (Å²) >= 11 is 0. The molecule has 3 aliphatic rings. The number of para-hydroxylation sites is 2. The maximum Gasteiger partial charge on any atom is 0.239 e. The smallest absolute Gasteiger partial charge is 0.239 e. The predicted octanol–water partition coefficient (Wildman–Crippen LogP) is 2.49. The summed E-state index contributed by atoms with van der Waals surface area (Å²) in [4.78, 5) is 26.4. The lowest BCUT2D eigenvalue weighted by Crippen LogP contribution is -2.53. The van der Waals surface area contributed by atoms with Gasteiger partial charge >= 0.3 is 0 Å². The first-order valence-corrected chi connectivity index (χ1v) is 11.0. The SMILES string of the molecule is O=C(C1CCCN1C1CCNCC1)N1CCCC(c2nc3ccccc3[nH]2)C1. The van der Waals surface area contributed by atoms with Crippen LogP contribution < -0.4 is 5.32 Å². The van der Waals surface area contributed by atoms with Gasteiger partial charge in [-0.2, -0.15) is 0 Å². The van der Waals surface area contributed by atoms with E-state index in [2.05, 4.69) is 32.2 Å². The zero-order chi connectivity index (χ0) is 18.9. The molecule has 4 heterocycles. The van der Waals surface area contributed by atoms with Crippen molar-refractivity contribution in [1.82, 2.24) is 25.1 Å². The Bertz CT molecular complexity index is 794. The minimum absolute atomic E-state index is 0.0949. The monoisotopic (exact) mass is 381 g/mol. The van der Waals surface area contributed by atoms with Crippen molar-refractivity contribution in [3.05, 3.63) is 30.1 Å². The topological polar surface area (TPSA) is 64.3 Å². The highest BCUT2D eigenvalue weighted by Gasteiger charge is 2.39. The van der Waals surface area contributed by atoms with Gasteiger partial charge in [0.2, 0.25) is 5.91 Å². The molecule has 1 amide bonds. The molecule has 6 heteroatoms. The van der Waals surface area contributed by atoms with Gasteiger partial charge in [0.15, 0.2) is 0 Å². The van der Waals surface area contributed by atoms with Crippen LogP contribution in [0.2, 0.25) is 0 Å². The van der Waals surface area contributed by atoms with E-state index in [1.165, 1.54) is 12.8 Å². The van der Waals surface area contributed by atoms with Gasteiger partial charge in [0, 0.05) is 25.0 Å². The Morgan fingerprint density at radius 2 is 1.86 bits per heavy atom. The number of likely N-dealkylation sites (tertiary alicyclic amines) is 2. The summed E-state index contributed by atoms with van der Waals surface area (Å²) in [6.45, 7) is 4.95. The Kier molecular flexibility index (Phi) is 5.07. The Hall–Kier alpha value is -1.92. The van der Waals surface area contributed by atoms with Gasteiger partial charge in [0.05, 0.1) is 17.1 Å². The van der Waals surface area contributed by atoms with Crippen molar-refractivity contribution in [2.45, 2.75) is 56.5 Å². The third-order valence-electron chi connectivity index (χ3n) is 6.88. The fraction of sp³-hybridized carbons (Fsp3) is 0.636. The average Bonchev–Trinajstić information content (AvgIpc) is 3.41. The van der Waals surface area contributed by atoms with Gasteiger partial charge in [-0.25, -0.2) is 4.98 Å². The standard InChI is InChI=1S/C22H31N5O/c28-22(20-8-4-14-27(20)17-9-11-23-12-10-17)26-13-3-5-16(15-26)21-24-18-6-1-2-7-19(18)25-21/h1-2,6-7,16-17,20,23H,3-5,8-15H2,(H,24,25). The van der Waals surface area contributed by atoms with Crippen LogP contribution in [0.5, 0.6) is 0 Å². The van der Waals surface area contributed by atoms with E-state index in [-0.39, 0.29) is 6.04 Å². The van der Waals surface area contributed by atoms with Gasteiger partial charge < -0.3 is 15.2 Å². The number of piperidine rings is 2. The van der Waals surface area contributed by atoms with Gasteiger partial charge in [-0.1, -0.05) is 12.1 Å². The van der Waals surface area contributed by atoms with E-state index >= 15 is 0 Å². The number of amides is 1. The van der Waals surface area contributed by atoms with Crippen molar-refractivity contribution in [2.24, 2.45) is 0 Å². The Labute approximate surface area is 166 Å². The third-order valence-corrected chi connectivity index (χ3v) is 6.88. The van der Waals surface area contributed by atoms with Crippen molar-refractivity contribution < 1.29 is 4.79 Å². The van der Waals surface area contributed by atoms with Gasteiger partial charge in [0.1, 0.15) is 5.82 Å². The maximum absolute atomic E-state index is 13.4. The van der Waals surface area contributed by atoms with Gasteiger partial charge in [-0.05, 0) is 70.3 Å². The van der Waals surface area contributed by atoms with Crippen LogP contribution in [0.1, 0.15) is 50.3 Å². The second-order valence-corrected chi connectivity index (χ2v) is 8.64. The van der Waals surface area contributed by atoms with Crippen LogP contribution in [0, 0.1) is 0 Å². The molecule has 28 heavy (non-hydrogen) atoms. The highest BCUT2D eigenvalue weighted by Crippen LogP contribution is 2.30. The molecule has 3 aliphatic heterocycles. The van der Waals surface area contributed by atoms with Gasteiger partial charge in [0.25, 0.3) is 0 Å².